The molecule has 0 bridgehead atoms. The Morgan fingerprint density at radius 3 is 2.22 bits per heavy atom. The van der Waals surface area contributed by atoms with Crippen molar-refractivity contribution in [2.45, 2.75) is 110 Å². The van der Waals surface area contributed by atoms with Gasteiger partial charge in [0.25, 0.3) is 0 Å². The minimum absolute atomic E-state index is 0. The molecule has 3 nitrogen and oxygen atoms in total. The topological polar surface area (TPSA) is 38.9 Å². The van der Waals surface area contributed by atoms with E-state index in [0.29, 0.717) is 35.2 Å². The van der Waals surface area contributed by atoms with Gasteiger partial charge in [-0.3, -0.25) is 4.39 Å². The van der Waals surface area contributed by atoms with Crippen LogP contribution in [0.3, 0.4) is 0 Å². The van der Waals surface area contributed by atoms with Crippen LogP contribution in [-0.4, -0.2) is 18.0 Å². The third kappa shape index (κ3) is 7.07. The fraction of sp³-hybridized carbons (Fsp3) is 0.333. The number of aryl methyl sites for hydroxylation is 1. The van der Waals surface area contributed by atoms with Crippen LogP contribution in [0.2, 0.25) is 19.6 Å². The summed E-state index contributed by atoms with van der Waals surface area (Å²) in [7, 11) is -1.43. The molecule has 10 rings (SSSR count). The van der Waals surface area contributed by atoms with Crippen LogP contribution >= 0.6 is 0 Å². The number of furan rings is 1. The zero-order valence-corrected chi connectivity index (χ0v) is 39.5. The largest absolute Gasteiger partial charge is 0.500 e. The predicted molar refractivity (Wildman–Crippen MR) is 248 cm³/mol. The Morgan fingerprint density at radius 1 is 0.767 bits per heavy atom. The molecule has 3 heterocycles. The standard InChI is InChI=1S/C34H30NO.C20H25FNSi.Ir/c1-21-20-35-30(19-29(21)23-15-17-34(2,3)18-16-23)28-10-6-9-26-27-14-13-24-12-11-22-7-4-5-8-25(22)31(24)33(27)36-32(26)28;1-19(2)16-10-13(21)8-9-15(16)18-17(20(19,3)4)11-14(12-22-18)23(5,6)7;/h4-9,11-14,19-20,23H,15-18H2,1-3H3;8,10-12H,1-7H3;/q2*-1;/i1D3,23D;;. The summed E-state index contributed by atoms with van der Waals surface area (Å²) in [5, 5.41) is 7.80. The van der Waals surface area contributed by atoms with E-state index in [1.165, 1.54) is 23.0 Å². The summed E-state index contributed by atoms with van der Waals surface area (Å²) in [6, 6.07) is 34.4. The van der Waals surface area contributed by atoms with E-state index in [1.54, 1.807) is 6.07 Å². The van der Waals surface area contributed by atoms with Crippen molar-refractivity contribution in [3.05, 3.63) is 138 Å². The second kappa shape index (κ2) is 15.2. The molecule has 0 saturated heterocycles. The maximum atomic E-state index is 13.8. The number of nitrogens with zero attached hydrogens (tertiary/aromatic N) is 2. The van der Waals surface area contributed by atoms with Gasteiger partial charge in [-0.2, -0.15) is 0 Å². The van der Waals surface area contributed by atoms with Crippen LogP contribution in [0.15, 0.2) is 102 Å². The minimum Gasteiger partial charge on any atom is -0.500 e. The molecule has 5 aromatic carbocycles. The van der Waals surface area contributed by atoms with Crippen molar-refractivity contribution in [3.63, 3.8) is 0 Å². The number of halogens is 1. The summed E-state index contributed by atoms with van der Waals surface area (Å²) in [5.74, 6) is -1.21. The van der Waals surface area contributed by atoms with Crippen LogP contribution < -0.4 is 5.19 Å². The van der Waals surface area contributed by atoms with Crippen LogP contribution in [0.5, 0.6) is 0 Å². The number of aromatic nitrogens is 2. The first-order valence-corrected chi connectivity index (χ1v) is 24.4. The van der Waals surface area contributed by atoms with Gasteiger partial charge in [0.15, 0.2) is 0 Å². The van der Waals surface area contributed by atoms with Crippen molar-refractivity contribution < 1.29 is 34.4 Å². The van der Waals surface area contributed by atoms with Gasteiger partial charge in [0.2, 0.25) is 0 Å². The second-order valence-corrected chi connectivity index (χ2v) is 24.7. The third-order valence-electron chi connectivity index (χ3n) is 13.9. The van der Waals surface area contributed by atoms with Crippen molar-refractivity contribution in [1.82, 2.24) is 9.97 Å². The van der Waals surface area contributed by atoms with Gasteiger partial charge in [-0.05, 0) is 98.5 Å². The van der Waals surface area contributed by atoms with Gasteiger partial charge >= 0.3 is 0 Å². The molecule has 2 aliphatic carbocycles. The monoisotopic (exact) mass is 991 g/mol. The molecular formula is C54H55FIrN2OSi-2. The van der Waals surface area contributed by atoms with Crippen molar-refractivity contribution in [2.75, 3.05) is 0 Å². The predicted octanol–water partition coefficient (Wildman–Crippen LogP) is 14.5. The van der Waals surface area contributed by atoms with E-state index in [-0.39, 0.29) is 47.7 Å². The van der Waals surface area contributed by atoms with Crippen LogP contribution in [-0.2, 0) is 30.9 Å². The summed E-state index contributed by atoms with van der Waals surface area (Å²) in [6.07, 6.45) is 6.45. The molecule has 0 N–H and O–H groups in total. The summed E-state index contributed by atoms with van der Waals surface area (Å²) < 4.78 is 54.5. The Hall–Kier alpha value is -4.48. The molecule has 60 heavy (non-hydrogen) atoms. The van der Waals surface area contributed by atoms with Gasteiger partial charge in [-0.15, -0.1) is 47.5 Å². The number of rotatable bonds is 3. The first-order chi connectivity index (χ1) is 29.5. The summed E-state index contributed by atoms with van der Waals surface area (Å²) in [6.45, 7) is 18.0. The van der Waals surface area contributed by atoms with Gasteiger partial charge < -0.3 is 14.4 Å². The molecular weight excluding hydrogens is 932 g/mol. The van der Waals surface area contributed by atoms with E-state index in [2.05, 4.69) is 121 Å². The maximum absolute atomic E-state index is 13.8. The fourth-order valence-corrected chi connectivity index (χ4v) is 10.3. The number of hydrogen-bond donors (Lipinski definition) is 0. The van der Waals surface area contributed by atoms with Crippen molar-refractivity contribution in [1.29, 1.82) is 0 Å². The minimum atomic E-state index is -2.35. The second-order valence-electron chi connectivity index (χ2n) is 19.6. The third-order valence-corrected chi connectivity index (χ3v) is 15.9. The Labute approximate surface area is 375 Å². The van der Waals surface area contributed by atoms with Crippen molar-refractivity contribution in [3.8, 4) is 22.5 Å². The van der Waals surface area contributed by atoms with Gasteiger partial charge in [0.05, 0.1) is 13.7 Å². The maximum Gasteiger partial charge on any atom is 0.129 e. The molecule has 0 aliphatic heterocycles. The molecule has 8 aromatic rings. The first kappa shape index (κ1) is 37.3. The number of pyridine rings is 2. The van der Waals surface area contributed by atoms with Crippen molar-refractivity contribution >= 4 is 56.7 Å². The Kier molecular flexibility index (Phi) is 9.42. The molecule has 0 spiro atoms. The summed E-state index contributed by atoms with van der Waals surface area (Å²) in [4.78, 5) is 9.43. The zero-order chi connectivity index (χ0) is 45.1. The van der Waals surface area contributed by atoms with E-state index in [4.69, 9.17) is 13.5 Å². The van der Waals surface area contributed by atoms with E-state index < -0.39 is 20.8 Å². The average molecular weight is 991 g/mol. The molecule has 0 amide bonds. The summed E-state index contributed by atoms with van der Waals surface area (Å²) >= 11 is 0. The SMILES string of the molecule is CC1(C)c2cc(F)c[c-]c2-c2ncc([Si](C)(C)C)cc2C1(C)C.[2H]C([2H])([2H])c1cnc(-c2[c-]ccc3c2oc2c3ccc3ccc4ccccc4c32)cc1C1([2H])CCC(C)(C)CC1.[Ir]. The number of hydrogen-bond acceptors (Lipinski definition) is 3. The summed E-state index contributed by atoms with van der Waals surface area (Å²) in [5.41, 5.74) is 7.48. The molecule has 309 valence electrons. The van der Waals surface area contributed by atoms with E-state index in [1.807, 2.05) is 36.5 Å². The number of fused-ring (bicyclic) bond motifs is 10. The van der Waals surface area contributed by atoms with Gasteiger partial charge in [-0.25, -0.2) is 0 Å². The molecule has 1 saturated carbocycles. The van der Waals surface area contributed by atoms with Crippen LogP contribution in [0, 0.1) is 30.2 Å². The zero-order valence-electron chi connectivity index (χ0n) is 40.1. The van der Waals surface area contributed by atoms with E-state index in [9.17, 15) is 5.76 Å². The fourth-order valence-electron chi connectivity index (χ4n) is 9.24. The van der Waals surface area contributed by atoms with Crippen LogP contribution in [0.1, 0.15) is 101 Å². The van der Waals surface area contributed by atoms with E-state index >= 15 is 0 Å². The van der Waals surface area contributed by atoms with Crippen molar-refractivity contribution in [2.24, 2.45) is 5.41 Å². The van der Waals surface area contributed by atoms with Gasteiger partial charge in [-0.1, -0.05) is 138 Å². The van der Waals surface area contributed by atoms with Crippen LogP contribution in [0.4, 0.5) is 4.39 Å². The first-order valence-electron chi connectivity index (χ1n) is 22.9. The van der Waals surface area contributed by atoms with Gasteiger partial charge in [0.1, 0.15) is 5.58 Å². The molecule has 3 aromatic heterocycles. The van der Waals surface area contributed by atoms with Crippen LogP contribution in [0.25, 0.3) is 66.0 Å². The molecule has 2 aliphatic rings. The molecule has 1 radical (unpaired) electrons. The molecule has 1 fully saturated rings. The molecule has 6 heteroatoms. The Morgan fingerprint density at radius 2 is 1.47 bits per heavy atom. The average Bonchev–Trinajstić information content (AvgIpc) is 3.63. The Bertz CT molecular complexity index is 3120. The smallest absolute Gasteiger partial charge is 0.129 e. The molecule has 0 atom stereocenters. The quantitative estimate of drug-likeness (QED) is 0.101. The van der Waals surface area contributed by atoms with E-state index in [0.717, 1.165) is 67.6 Å². The normalized spacial score (nSPS) is 18.6. The molecule has 0 unspecified atom stereocenters. The Balaban J connectivity index is 0.000000199. The van der Waals surface area contributed by atoms with Gasteiger partial charge in [0, 0.05) is 54.6 Å². The number of benzene rings is 5.